The summed E-state index contributed by atoms with van der Waals surface area (Å²) < 4.78 is 36.3. The number of benzene rings is 1. The molecule has 1 heterocycles. The van der Waals surface area contributed by atoms with Gasteiger partial charge in [0.05, 0.1) is 16.6 Å². The van der Waals surface area contributed by atoms with Crippen LogP contribution in [-0.2, 0) is 14.6 Å². The minimum atomic E-state index is -3.46. The first-order valence-electron chi connectivity index (χ1n) is 4.67. The molecule has 0 fully saturated rings. The Hall–Kier alpha value is -1.43. The molecule has 1 aliphatic heterocycles. The molecule has 1 unspecified atom stereocenters. The van der Waals surface area contributed by atoms with Gasteiger partial charge in [0.25, 0.3) is 0 Å². The molecule has 6 heteroatoms. The van der Waals surface area contributed by atoms with Crippen molar-refractivity contribution in [1.29, 1.82) is 0 Å². The van der Waals surface area contributed by atoms with Crippen LogP contribution in [0.15, 0.2) is 23.1 Å². The van der Waals surface area contributed by atoms with Crippen molar-refractivity contribution in [1.82, 2.24) is 0 Å². The summed E-state index contributed by atoms with van der Waals surface area (Å²) in [6.45, 7) is 0. The second kappa shape index (κ2) is 3.55. The van der Waals surface area contributed by atoms with Crippen LogP contribution in [0.1, 0.15) is 17.9 Å². The molecule has 1 atom stereocenters. The van der Waals surface area contributed by atoms with E-state index in [2.05, 4.69) is 0 Å². The van der Waals surface area contributed by atoms with Crippen molar-refractivity contribution in [2.45, 2.75) is 17.2 Å². The van der Waals surface area contributed by atoms with Crippen LogP contribution in [-0.4, -0.2) is 25.2 Å². The van der Waals surface area contributed by atoms with Crippen LogP contribution in [0.25, 0.3) is 0 Å². The standard InChI is InChI=1S/C10H9FO4S/c11-6-1-2-9-8(5-6)7(10(12)13)3-4-16(9,14)15/h1-2,5,7H,3-4H2,(H,12,13). The molecule has 1 aliphatic rings. The monoisotopic (exact) mass is 244 g/mol. The summed E-state index contributed by atoms with van der Waals surface area (Å²) in [6, 6.07) is 3.15. The molecule has 0 saturated carbocycles. The van der Waals surface area contributed by atoms with Crippen molar-refractivity contribution >= 4 is 15.8 Å². The molecular formula is C10H9FO4S. The molecule has 0 bridgehead atoms. The predicted octanol–water partition coefficient (Wildman–Crippen LogP) is 1.17. The van der Waals surface area contributed by atoms with Crippen molar-refractivity contribution in [3.63, 3.8) is 0 Å². The maximum atomic E-state index is 13.0. The van der Waals surface area contributed by atoms with Crippen molar-refractivity contribution in [3.8, 4) is 0 Å². The van der Waals surface area contributed by atoms with Gasteiger partial charge in [0.15, 0.2) is 9.84 Å². The second-order valence-corrected chi connectivity index (χ2v) is 5.76. The van der Waals surface area contributed by atoms with Gasteiger partial charge in [0, 0.05) is 0 Å². The van der Waals surface area contributed by atoms with E-state index in [-0.39, 0.29) is 22.6 Å². The van der Waals surface area contributed by atoms with Crippen LogP contribution >= 0.6 is 0 Å². The van der Waals surface area contributed by atoms with E-state index in [1.165, 1.54) is 0 Å². The molecule has 0 spiro atoms. The number of sulfone groups is 1. The Morgan fingerprint density at radius 1 is 1.44 bits per heavy atom. The summed E-state index contributed by atoms with van der Waals surface area (Å²) >= 11 is 0. The lowest BCUT2D eigenvalue weighted by atomic mass is 9.96. The molecular weight excluding hydrogens is 235 g/mol. The molecule has 4 nitrogen and oxygen atoms in total. The molecule has 1 aromatic rings. The van der Waals surface area contributed by atoms with E-state index in [0.29, 0.717) is 0 Å². The smallest absolute Gasteiger partial charge is 0.311 e. The van der Waals surface area contributed by atoms with Gasteiger partial charge in [0.1, 0.15) is 5.82 Å². The number of carboxylic acid groups (broad SMARTS) is 1. The van der Waals surface area contributed by atoms with Crippen LogP contribution in [0.4, 0.5) is 4.39 Å². The fourth-order valence-corrected chi connectivity index (χ4v) is 3.47. The zero-order chi connectivity index (χ0) is 11.9. The second-order valence-electron chi connectivity index (χ2n) is 3.68. The van der Waals surface area contributed by atoms with Crippen LogP contribution in [0.2, 0.25) is 0 Å². The van der Waals surface area contributed by atoms with Crippen LogP contribution < -0.4 is 0 Å². The summed E-state index contributed by atoms with van der Waals surface area (Å²) in [5.41, 5.74) is 0.0544. The number of fused-ring (bicyclic) bond motifs is 1. The molecule has 0 amide bonds. The fraction of sp³-hybridized carbons (Fsp3) is 0.300. The average molecular weight is 244 g/mol. The number of rotatable bonds is 1. The zero-order valence-corrected chi connectivity index (χ0v) is 9.00. The lowest BCUT2D eigenvalue weighted by Crippen LogP contribution is -2.25. The van der Waals surface area contributed by atoms with Gasteiger partial charge >= 0.3 is 5.97 Å². The van der Waals surface area contributed by atoms with Crippen molar-refractivity contribution in [2.24, 2.45) is 0 Å². The fourth-order valence-electron chi connectivity index (χ4n) is 1.87. The maximum absolute atomic E-state index is 13.0. The Morgan fingerprint density at radius 3 is 2.75 bits per heavy atom. The third kappa shape index (κ3) is 1.69. The third-order valence-electron chi connectivity index (χ3n) is 2.66. The SMILES string of the molecule is O=C(O)C1CCS(=O)(=O)c2ccc(F)cc21. The third-order valence-corrected chi connectivity index (χ3v) is 4.47. The Labute approximate surface area is 91.6 Å². The van der Waals surface area contributed by atoms with E-state index in [1.54, 1.807) is 0 Å². The lowest BCUT2D eigenvalue weighted by Gasteiger charge is -2.22. The van der Waals surface area contributed by atoms with E-state index in [1.807, 2.05) is 0 Å². The number of aliphatic carboxylic acids is 1. The first kappa shape index (κ1) is 11.1. The molecule has 86 valence electrons. The van der Waals surface area contributed by atoms with E-state index in [4.69, 9.17) is 5.11 Å². The number of hydrogen-bond acceptors (Lipinski definition) is 3. The summed E-state index contributed by atoms with van der Waals surface area (Å²) in [5, 5.41) is 8.93. The van der Waals surface area contributed by atoms with Gasteiger partial charge in [-0.05, 0) is 30.2 Å². The van der Waals surface area contributed by atoms with Crippen LogP contribution in [0, 0.1) is 5.82 Å². The molecule has 1 aromatic carbocycles. The van der Waals surface area contributed by atoms with Crippen molar-refractivity contribution in [3.05, 3.63) is 29.6 Å². The maximum Gasteiger partial charge on any atom is 0.311 e. The topological polar surface area (TPSA) is 71.4 Å². The number of carboxylic acids is 1. The minimum Gasteiger partial charge on any atom is -0.481 e. The Morgan fingerprint density at radius 2 is 2.12 bits per heavy atom. The van der Waals surface area contributed by atoms with E-state index in [9.17, 15) is 17.6 Å². The van der Waals surface area contributed by atoms with Crippen LogP contribution in [0.3, 0.4) is 0 Å². The van der Waals surface area contributed by atoms with Gasteiger partial charge in [0.2, 0.25) is 0 Å². The largest absolute Gasteiger partial charge is 0.481 e. The van der Waals surface area contributed by atoms with Gasteiger partial charge in [-0.15, -0.1) is 0 Å². The Kier molecular flexibility index (Phi) is 2.46. The Balaban J connectivity index is 2.67. The van der Waals surface area contributed by atoms with Crippen LogP contribution in [0.5, 0.6) is 0 Å². The highest BCUT2D eigenvalue weighted by molar-refractivity contribution is 7.91. The number of hydrogen-bond donors (Lipinski definition) is 1. The number of halogens is 1. The summed E-state index contributed by atoms with van der Waals surface area (Å²) in [4.78, 5) is 10.9. The molecule has 2 rings (SSSR count). The average Bonchev–Trinajstić information content (AvgIpc) is 2.16. The van der Waals surface area contributed by atoms with Crippen molar-refractivity contribution < 1.29 is 22.7 Å². The Bertz CT molecular complexity index is 550. The van der Waals surface area contributed by atoms with E-state index < -0.39 is 27.5 Å². The first-order chi connectivity index (χ1) is 7.42. The molecule has 0 aromatic heterocycles. The zero-order valence-electron chi connectivity index (χ0n) is 8.18. The highest BCUT2D eigenvalue weighted by Crippen LogP contribution is 2.34. The quantitative estimate of drug-likeness (QED) is 0.753. The normalized spacial score (nSPS) is 22.4. The van der Waals surface area contributed by atoms with Gasteiger partial charge in [-0.2, -0.15) is 0 Å². The summed E-state index contributed by atoms with van der Waals surface area (Å²) in [6.07, 6.45) is -0.00583. The predicted molar refractivity (Wildman–Crippen MR) is 53.4 cm³/mol. The van der Waals surface area contributed by atoms with Gasteiger partial charge in [-0.3, -0.25) is 4.79 Å². The molecule has 0 aliphatic carbocycles. The number of carbonyl (C=O) groups is 1. The van der Waals surface area contributed by atoms with Crippen molar-refractivity contribution in [2.75, 3.05) is 5.75 Å². The minimum absolute atomic E-state index is 0.00583. The molecule has 0 saturated heterocycles. The van der Waals surface area contributed by atoms with E-state index in [0.717, 1.165) is 18.2 Å². The first-order valence-corrected chi connectivity index (χ1v) is 6.32. The van der Waals surface area contributed by atoms with Gasteiger partial charge < -0.3 is 5.11 Å². The highest BCUT2D eigenvalue weighted by atomic mass is 32.2. The summed E-state index contributed by atoms with van der Waals surface area (Å²) in [5.74, 6) is -2.89. The van der Waals surface area contributed by atoms with Gasteiger partial charge in [-0.1, -0.05) is 0 Å². The highest BCUT2D eigenvalue weighted by Gasteiger charge is 2.34. The van der Waals surface area contributed by atoms with E-state index >= 15 is 0 Å². The molecule has 0 radical (unpaired) electrons. The molecule has 16 heavy (non-hydrogen) atoms. The summed E-state index contributed by atoms with van der Waals surface area (Å²) in [7, 11) is -3.46. The molecule has 1 N–H and O–H groups in total. The van der Waals surface area contributed by atoms with Gasteiger partial charge in [-0.25, -0.2) is 12.8 Å². The lowest BCUT2D eigenvalue weighted by molar-refractivity contribution is -0.138.